The number of nitrogens with one attached hydrogen (secondary N) is 3. The van der Waals surface area contributed by atoms with Crippen LogP contribution >= 0.6 is 11.6 Å². The van der Waals surface area contributed by atoms with Gasteiger partial charge in [-0.15, -0.1) is 10.2 Å². The Hall–Kier alpha value is -6.67. The summed E-state index contributed by atoms with van der Waals surface area (Å²) in [4.78, 5) is 65.6. The molecule has 17 nitrogen and oxygen atoms in total. The minimum atomic E-state index is -0.919. The van der Waals surface area contributed by atoms with Crippen LogP contribution in [-0.4, -0.2) is 78.9 Å². The number of fused-ring (bicyclic) bond motifs is 1. The molecule has 1 aliphatic carbocycles. The largest absolute Gasteiger partial charge is 0.489 e. The van der Waals surface area contributed by atoms with Crippen LogP contribution in [0.15, 0.2) is 71.7 Å². The quantitative estimate of drug-likeness (QED) is 0.173. The number of amides is 4. The number of piperidine rings is 1. The first-order valence-corrected chi connectivity index (χ1v) is 19.5. The normalized spacial score (nSPS) is 20.8. The average molecular weight is 818 g/mol. The average Bonchev–Trinajstić information content (AvgIpc) is 3.67. The summed E-state index contributed by atoms with van der Waals surface area (Å²) in [6.07, 6.45) is 1.75. The SMILES string of the molecule is CC1(C)[C@H](NC(=O)c2ccc(-n3cc(CNC(=O)C4CN(c5ccc6nnn(C7CCC(=O)NC7=O)c(=O)c6c5)C4)nn3)cc2)C(C)(C)[C@H]1Oc1ccc(C#N)c(Cl)c1. The van der Waals surface area contributed by atoms with Gasteiger partial charge in [-0.3, -0.25) is 29.3 Å². The summed E-state index contributed by atoms with van der Waals surface area (Å²) in [7, 11) is 0. The van der Waals surface area contributed by atoms with Gasteiger partial charge in [-0.1, -0.05) is 49.7 Å². The molecule has 3 N–H and O–H groups in total. The van der Waals surface area contributed by atoms with E-state index in [1.54, 1.807) is 71.5 Å². The Labute approximate surface area is 342 Å². The van der Waals surface area contributed by atoms with Gasteiger partial charge in [-0.25, -0.2) is 4.68 Å². The van der Waals surface area contributed by atoms with Crippen LogP contribution < -0.4 is 31.1 Å². The van der Waals surface area contributed by atoms with Gasteiger partial charge >= 0.3 is 0 Å². The number of ether oxygens (including phenoxy) is 1. The van der Waals surface area contributed by atoms with E-state index < -0.39 is 34.2 Å². The molecular weight excluding hydrogens is 778 g/mol. The lowest BCUT2D eigenvalue weighted by Crippen LogP contribution is -2.74. The number of nitriles is 1. The van der Waals surface area contributed by atoms with Gasteiger partial charge in [0.25, 0.3) is 17.4 Å². The zero-order valence-electron chi connectivity index (χ0n) is 32.6. The summed E-state index contributed by atoms with van der Waals surface area (Å²) < 4.78 is 8.93. The van der Waals surface area contributed by atoms with Crippen molar-refractivity contribution < 1.29 is 23.9 Å². The minimum Gasteiger partial charge on any atom is -0.489 e. The predicted octanol–water partition coefficient (Wildman–Crippen LogP) is 3.24. The van der Waals surface area contributed by atoms with Crippen molar-refractivity contribution in [1.29, 1.82) is 5.26 Å². The Morgan fingerprint density at radius 3 is 2.39 bits per heavy atom. The van der Waals surface area contributed by atoms with E-state index in [1.807, 2.05) is 38.7 Å². The van der Waals surface area contributed by atoms with E-state index in [0.29, 0.717) is 51.9 Å². The van der Waals surface area contributed by atoms with Crippen molar-refractivity contribution in [3.8, 4) is 17.5 Å². The molecule has 0 bridgehead atoms. The van der Waals surface area contributed by atoms with Crippen LogP contribution in [0.1, 0.15) is 68.2 Å². The van der Waals surface area contributed by atoms with Gasteiger partial charge in [-0.2, -0.15) is 9.94 Å². The molecule has 4 amide bonds. The molecule has 3 aromatic carbocycles. The fourth-order valence-electron chi connectivity index (χ4n) is 8.62. The number of benzene rings is 3. The molecule has 2 saturated heterocycles. The third kappa shape index (κ3) is 7.24. The van der Waals surface area contributed by atoms with Gasteiger partial charge in [-0.05, 0) is 61.0 Å². The first-order valence-electron chi connectivity index (χ1n) is 19.1. The molecule has 302 valence electrons. The predicted molar refractivity (Wildman–Crippen MR) is 214 cm³/mol. The number of aromatic nitrogens is 6. The van der Waals surface area contributed by atoms with Gasteiger partial charge in [0.15, 0.2) is 0 Å². The van der Waals surface area contributed by atoms with Crippen molar-refractivity contribution in [2.45, 2.75) is 65.3 Å². The van der Waals surface area contributed by atoms with Crippen molar-refractivity contribution in [3.05, 3.63) is 99.1 Å². The van der Waals surface area contributed by atoms with Gasteiger partial charge in [0.2, 0.25) is 11.8 Å². The summed E-state index contributed by atoms with van der Waals surface area (Å²) in [6.45, 7) is 9.22. The Kier molecular flexibility index (Phi) is 9.91. The number of rotatable bonds is 10. The number of anilines is 1. The van der Waals surface area contributed by atoms with E-state index in [2.05, 4.69) is 36.6 Å². The van der Waals surface area contributed by atoms with Gasteiger partial charge in [0.05, 0.1) is 40.3 Å². The molecule has 5 aromatic rings. The number of carbonyl (C=O) groups excluding carboxylic acids is 4. The smallest absolute Gasteiger partial charge is 0.278 e. The number of halogens is 1. The Morgan fingerprint density at radius 2 is 1.69 bits per heavy atom. The fraction of sp³-hybridized carbons (Fsp3) is 0.366. The van der Waals surface area contributed by atoms with Crippen LogP contribution in [0.4, 0.5) is 5.69 Å². The maximum Gasteiger partial charge on any atom is 0.278 e. The van der Waals surface area contributed by atoms with E-state index in [-0.39, 0.29) is 54.7 Å². The molecule has 0 radical (unpaired) electrons. The van der Waals surface area contributed by atoms with Crippen LogP contribution in [-0.2, 0) is 20.9 Å². The van der Waals surface area contributed by atoms with Crippen LogP contribution in [0.3, 0.4) is 0 Å². The highest BCUT2D eigenvalue weighted by molar-refractivity contribution is 6.31. The molecule has 1 saturated carbocycles. The highest BCUT2D eigenvalue weighted by Gasteiger charge is 2.64. The lowest BCUT2D eigenvalue weighted by molar-refractivity contribution is -0.164. The number of nitrogens with zero attached hydrogens (tertiary/aromatic N) is 8. The van der Waals surface area contributed by atoms with E-state index in [9.17, 15) is 29.2 Å². The zero-order valence-corrected chi connectivity index (χ0v) is 33.4. The standard InChI is InChI=1S/C41H40ClN11O6/c1-40(2)38(41(3,4)39(40)59-28-11-7-23(17-43)30(42)16-28)46-35(56)22-5-8-26(9-6-22)52-21-25(47-49-52)18-44-34(55)24-19-51(20-24)27-10-12-31-29(15-27)37(58)53(50-48-31)32-13-14-33(54)45-36(32)57/h5-12,15-16,21,24,32,38-39H,13-14,18-20H2,1-4H3,(H,44,55)(H,46,56)(H,45,54,57)/t32?,38-,39-. The minimum absolute atomic E-state index is 0.104. The second-order valence-corrected chi connectivity index (χ2v) is 16.7. The molecule has 3 fully saturated rings. The van der Waals surface area contributed by atoms with Crippen molar-refractivity contribution in [2.75, 3.05) is 18.0 Å². The number of hydrogen-bond acceptors (Lipinski definition) is 12. The fourth-order valence-corrected chi connectivity index (χ4v) is 8.83. The van der Waals surface area contributed by atoms with E-state index >= 15 is 0 Å². The van der Waals surface area contributed by atoms with Crippen molar-refractivity contribution in [1.82, 2.24) is 45.9 Å². The second-order valence-electron chi connectivity index (χ2n) is 16.3. The molecule has 8 rings (SSSR count). The van der Waals surface area contributed by atoms with Gasteiger partial charge in [0.1, 0.15) is 35.2 Å². The Morgan fingerprint density at radius 1 is 0.966 bits per heavy atom. The third-order valence-electron chi connectivity index (χ3n) is 11.6. The monoisotopic (exact) mass is 817 g/mol. The van der Waals surface area contributed by atoms with Crippen molar-refractivity contribution >= 4 is 51.8 Å². The Bertz CT molecular complexity index is 2610. The molecule has 0 spiro atoms. The van der Waals surface area contributed by atoms with Crippen LogP contribution in [0.5, 0.6) is 5.75 Å². The molecule has 2 aromatic heterocycles. The number of imide groups is 1. The second kappa shape index (κ2) is 14.9. The summed E-state index contributed by atoms with van der Waals surface area (Å²) in [6, 6.07) is 18.1. The van der Waals surface area contributed by atoms with Crippen molar-refractivity contribution in [3.63, 3.8) is 0 Å². The molecule has 59 heavy (non-hydrogen) atoms. The third-order valence-corrected chi connectivity index (χ3v) is 11.9. The van der Waals surface area contributed by atoms with E-state index in [1.165, 1.54) is 0 Å². The first-order chi connectivity index (χ1) is 28.1. The lowest BCUT2D eigenvalue weighted by atomic mass is 9.49. The Balaban J connectivity index is 0.828. The zero-order chi connectivity index (χ0) is 41.8. The topological polar surface area (TPSA) is 219 Å². The molecule has 4 heterocycles. The summed E-state index contributed by atoms with van der Waals surface area (Å²) in [5, 5.41) is 34.6. The summed E-state index contributed by atoms with van der Waals surface area (Å²) >= 11 is 6.23. The maximum atomic E-state index is 13.4. The highest BCUT2D eigenvalue weighted by Crippen LogP contribution is 2.55. The summed E-state index contributed by atoms with van der Waals surface area (Å²) in [5.41, 5.74) is 1.89. The van der Waals surface area contributed by atoms with Crippen molar-refractivity contribution in [2.24, 2.45) is 16.7 Å². The molecule has 1 unspecified atom stereocenters. The van der Waals surface area contributed by atoms with Crippen LogP contribution in [0, 0.1) is 28.1 Å². The molecule has 18 heteroatoms. The maximum absolute atomic E-state index is 13.4. The molecule has 3 aliphatic rings. The van der Waals surface area contributed by atoms with E-state index in [0.717, 1.165) is 10.4 Å². The van der Waals surface area contributed by atoms with Gasteiger partial charge < -0.3 is 20.3 Å². The molecule has 2 aliphatic heterocycles. The van der Waals surface area contributed by atoms with Crippen LogP contribution in [0.25, 0.3) is 16.6 Å². The number of hydrogen-bond donors (Lipinski definition) is 3. The first kappa shape index (κ1) is 39.2. The lowest BCUT2D eigenvalue weighted by Gasteiger charge is -2.63. The highest BCUT2D eigenvalue weighted by atomic mass is 35.5. The number of carbonyl (C=O) groups is 4. The van der Waals surface area contributed by atoms with Gasteiger partial charge in [0, 0.05) is 53.7 Å². The molecule has 1 atom stereocenters. The van der Waals surface area contributed by atoms with E-state index in [4.69, 9.17) is 16.3 Å². The summed E-state index contributed by atoms with van der Waals surface area (Å²) in [5.74, 6) is -1.07. The molecular formula is C41H40ClN11O6. The van der Waals surface area contributed by atoms with Crippen LogP contribution in [0.2, 0.25) is 5.02 Å².